The molecule has 0 saturated carbocycles. The van der Waals surface area contributed by atoms with Crippen molar-refractivity contribution in [3.05, 3.63) is 0 Å². The van der Waals surface area contributed by atoms with Gasteiger partial charge in [0.1, 0.15) is 0 Å². The highest BCUT2D eigenvalue weighted by atomic mass is 32.2. The van der Waals surface area contributed by atoms with Crippen molar-refractivity contribution in [2.24, 2.45) is 5.92 Å². The molecular weight excluding hydrogens is 294 g/mol. The fraction of sp³-hybridized carbons (Fsp3) is 1.00. The summed E-state index contributed by atoms with van der Waals surface area (Å²) in [6.45, 7) is 11.2. The highest BCUT2D eigenvalue weighted by Gasteiger charge is 2.34. The van der Waals surface area contributed by atoms with Gasteiger partial charge in [-0.3, -0.25) is 4.90 Å². The van der Waals surface area contributed by atoms with Crippen LogP contribution in [-0.4, -0.2) is 43.5 Å². The van der Waals surface area contributed by atoms with Crippen LogP contribution in [0.25, 0.3) is 0 Å². The predicted molar refractivity (Wildman–Crippen MR) is 96.1 cm³/mol. The Morgan fingerprint density at radius 2 is 1.82 bits per heavy atom. The van der Waals surface area contributed by atoms with Crippen molar-refractivity contribution < 1.29 is 8.42 Å². The van der Waals surface area contributed by atoms with Gasteiger partial charge in [-0.2, -0.15) is 0 Å². The Morgan fingerprint density at radius 1 is 1.09 bits per heavy atom. The average Bonchev–Trinajstić information content (AvgIpc) is 2.82. The molecule has 0 aromatic heterocycles. The minimum atomic E-state index is -2.76. The monoisotopic (exact) mass is 331 g/mol. The number of hydrogen-bond acceptors (Lipinski definition) is 3. The van der Waals surface area contributed by atoms with Crippen LogP contribution in [0.1, 0.15) is 79.1 Å². The Balaban J connectivity index is 2.64. The second-order valence-corrected chi connectivity index (χ2v) is 9.60. The topological polar surface area (TPSA) is 37.4 Å². The summed E-state index contributed by atoms with van der Waals surface area (Å²) < 4.78 is 23.4. The molecule has 1 fully saturated rings. The molecule has 1 aliphatic rings. The average molecular weight is 332 g/mol. The first kappa shape index (κ1) is 20.0. The molecule has 4 heteroatoms. The molecule has 132 valence electrons. The molecule has 22 heavy (non-hydrogen) atoms. The number of sulfone groups is 1. The fourth-order valence-electron chi connectivity index (χ4n) is 3.67. The van der Waals surface area contributed by atoms with E-state index in [0.29, 0.717) is 17.4 Å². The zero-order valence-corrected chi connectivity index (χ0v) is 16.1. The molecular formula is C18H37NO2S. The maximum atomic E-state index is 11.7. The summed E-state index contributed by atoms with van der Waals surface area (Å²) in [6, 6.07) is 0. The summed E-state index contributed by atoms with van der Waals surface area (Å²) in [5, 5.41) is 0. The zero-order chi connectivity index (χ0) is 16.6. The van der Waals surface area contributed by atoms with Gasteiger partial charge in [0, 0.05) is 12.1 Å². The molecule has 0 radical (unpaired) electrons. The van der Waals surface area contributed by atoms with Crippen LogP contribution in [0.4, 0.5) is 0 Å². The summed E-state index contributed by atoms with van der Waals surface area (Å²) in [5.74, 6) is 1.15. The largest absolute Gasteiger partial charge is 0.298 e. The smallest absolute Gasteiger partial charge is 0.150 e. The Morgan fingerprint density at radius 3 is 2.32 bits per heavy atom. The maximum absolute atomic E-state index is 11.7. The maximum Gasteiger partial charge on any atom is 0.150 e. The predicted octanol–water partition coefficient (Wildman–Crippen LogP) is 4.27. The summed E-state index contributed by atoms with van der Waals surface area (Å²) in [4.78, 5) is 2.60. The third-order valence-corrected chi connectivity index (χ3v) is 7.23. The van der Waals surface area contributed by atoms with E-state index >= 15 is 0 Å². The van der Waals surface area contributed by atoms with Gasteiger partial charge in [-0.05, 0) is 45.1 Å². The molecule has 0 amide bonds. The molecule has 0 aromatic rings. The Kier molecular flexibility index (Phi) is 8.40. The highest BCUT2D eigenvalue weighted by molar-refractivity contribution is 7.91. The standard InChI is InChI=1S/C18H37NO2S/c1-5-8-9-10-12-18(4,7-3)19(13-6-2)15-17-11-14-22(20,21)16-17/h17H,5-16H2,1-4H3. The molecule has 1 aliphatic heterocycles. The van der Waals surface area contributed by atoms with Gasteiger partial charge in [0.05, 0.1) is 11.5 Å². The first-order valence-electron chi connectivity index (χ1n) is 9.32. The summed E-state index contributed by atoms with van der Waals surface area (Å²) >= 11 is 0. The van der Waals surface area contributed by atoms with Gasteiger partial charge in [0.2, 0.25) is 0 Å². The molecule has 2 unspecified atom stereocenters. The van der Waals surface area contributed by atoms with Crippen molar-refractivity contribution in [3.63, 3.8) is 0 Å². The summed E-state index contributed by atoms with van der Waals surface area (Å²) in [7, 11) is -2.76. The molecule has 2 atom stereocenters. The van der Waals surface area contributed by atoms with Gasteiger partial charge in [-0.25, -0.2) is 8.42 Å². The fourth-order valence-corrected chi connectivity index (χ4v) is 5.52. The van der Waals surface area contributed by atoms with Gasteiger partial charge in [0.25, 0.3) is 0 Å². The molecule has 1 saturated heterocycles. The zero-order valence-electron chi connectivity index (χ0n) is 15.2. The molecule has 1 heterocycles. The van der Waals surface area contributed by atoms with E-state index in [1.54, 1.807) is 0 Å². The van der Waals surface area contributed by atoms with Crippen molar-refractivity contribution in [2.45, 2.75) is 84.6 Å². The molecule has 0 bridgehead atoms. The van der Waals surface area contributed by atoms with Crippen molar-refractivity contribution >= 4 is 9.84 Å². The van der Waals surface area contributed by atoms with E-state index in [-0.39, 0.29) is 5.54 Å². The number of unbranched alkanes of at least 4 members (excludes halogenated alkanes) is 3. The van der Waals surface area contributed by atoms with Crippen LogP contribution in [0.2, 0.25) is 0 Å². The van der Waals surface area contributed by atoms with Crippen LogP contribution in [0.5, 0.6) is 0 Å². The molecule has 0 N–H and O–H groups in total. The second kappa shape index (κ2) is 9.27. The van der Waals surface area contributed by atoms with Gasteiger partial charge in [-0.15, -0.1) is 0 Å². The van der Waals surface area contributed by atoms with E-state index < -0.39 is 9.84 Å². The lowest BCUT2D eigenvalue weighted by molar-refractivity contribution is 0.0727. The summed E-state index contributed by atoms with van der Waals surface area (Å²) in [6.07, 6.45) is 9.62. The lowest BCUT2D eigenvalue weighted by Gasteiger charge is -2.42. The van der Waals surface area contributed by atoms with Crippen LogP contribution < -0.4 is 0 Å². The van der Waals surface area contributed by atoms with Gasteiger partial charge < -0.3 is 0 Å². The Labute approximate surface area is 138 Å². The molecule has 0 spiro atoms. The lowest BCUT2D eigenvalue weighted by atomic mass is 9.88. The third-order valence-electron chi connectivity index (χ3n) is 5.39. The van der Waals surface area contributed by atoms with Gasteiger partial charge in [-0.1, -0.05) is 46.5 Å². The van der Waals surface area contributed by atoms with Crippen molar-refractivity contribution in [1.29, 1.82) is 0 Å². The first-order valence-corrected chi connectivity index (χ1v) is 11.1. The highest BCUT2D eigenvalue weighted by Crippen LogP contribution is 2.30. The minimum absolute atomic E-state index is 0.232. The van der Waals surface area contributed by atoms with E-state index in [0.717, 1.165) is 32.4 Å². The van der Waals surface area contributed by atoms with E-state index in [1.165, 1.54) is 32.1 Å². The van der Waals surface area contributed by atoms with E-state index in [9.17, 15) is 8.42 Å². The first-order chi connectivity index (χ1) is 10.4. The third kappa shape index (κ3) is 6.19. The van der Waals surface area contributed by atoms with Crippen molar-refractivity contribution in [1.82, 2.24) is 4.90 Å². The van der Waals surface area contributed by atoms with Gasteiger partial charge >= 0.3 is 0 Å². The quantitative estimate of drug-likeness (QED) is 0.531. The molecule has 3 nitrogen and oxygen atoms in total. The lowest BCUT2D eigenvalue weighted by Crippen LogP contribution is -2.48. The van der Waals surface area contributed by atoms with Crippen molar-refractivity contribution in [2.75, 3.05) is 24.6 Å². The molecule has 1 rings (SSSR count). The van der Waals surface area contributed by atoms with Gasteiger partial charge in [0.15, 0.2) is 9.84 Å². The SMILES string of the molecule is CCCCCCC(C)(CC)N(CCC)CC1CCS(=O)(=O)C1. The Bertz CT molecular complexity index is 407. The van der Waals surface area contributed by atoms with Crippen molar-refractivity contribution in [3.8, 4) is 0 Å². The Hall–Kier alpha value is -0.0900. The van der Waals surface area contributed by atoms with Crippen LogP contribution in [0, 0.1) is 5.92 Å². The van der Waals surface area contributed by atoms with E-state index in [2.05, 4.69) is 32.6 Å². The molecule has 0 aliphatic carbocycles. The second-order valence-electron chi connectivity index (χ2n) is 7.38. The normalized spacial score (nSPS) is 23.8. The van der Waals surface area contributed by atoms with Crippen LogP contribution in [-0.2, 0) is 9.84 Å². The van der Waals surface area contributed by atoms with E-state index in [1.807, 2.05) is 0 Å². The minimum Gasteiger partial charge on any atom is -0.298 e. The van der Waals surface area contributed by atoms with Crippen LogP contribution in [0.15, 0.2) is 0 Å². The number of nitrogens with zero attached hydrogens (tertiary/aromatic N) is 1. The summed E-state index contributed by atoms with van der Waals surface area (Å²) in [5.41, 5.74) is 0.232. The van der Waals surface area contributed by atoms with E-state index in [4.69, 9.17) is 0 Å². The number of rotatable bonds is 11. The molecule has 0 aromatic carbocycles. The van der Waals surface area contributed by atoms with Crippen LogP contribution in [0.3, 0.4) is 0 Å². The van der Waals surface area contributed by atoms with Crippen LogP contribution >= 0.6 is 0 Å². The number of hydrogen-bond donors (Lipinski definition) is 0.